The lowest BCUT2D eigenvalue weighted by atomic mass is 10.1. The quantitative estimate of drug-likeness (QED) is 0.638. The first-order valence-corrected chi connectivity index (χ1v) is 7.48. The number of ether oxygens (including phenoxy) is 1. The molecular weight excluding hydrogens is 248 g/mol. The third-order valence-corrected chi connectivity index (χ3v) is 3.72. The molecule has 1 aliphatic rings. The van der Waals surface area contributed by atoms with Crippen LogP contribution < -0.4 is 10.6 Å². The van der Waals surface area contributed by atoms with E-state index in [9.17, 15) is 0 Å². The number of hydrogen-bond donors (Lipinski definition) is 1. The molecule has 2 heterocycles. The molecule has 2 N–H and O–H groups in total. The van der Waals surface area contributed by atoms with Crippen molar-refractivity contribution in [1.82, 2.24) is 9.97 Å². The molecule has 1 aliphatic heterocycles. The standard InChI is InChI=1S/C12H20N4OS/c1-18-12-8-11(14-9-15-12)16-5-2-10(3-6-16)17-7-4-13/h8-10H,2-7,13H2,1H3. The number of hydrogen-bond acceptors (Lipinski definition) is 6. The number of piperidine rings is 1. The average Bonchev–Trinajstić information content (AvgIpc) is 2.46. The van der Waals surface area contributed by atoms with E-state index in [-0.39, 0.29) is 0 Å². The van der Waals surface area contributed by atoms with Crippen LogP contribution >= 0.6 is 11.8 Å². The van der Waals surface area contributed by atoms with Crippen molar-refractivity contribution in [1.29, 1.82) is 0 Å². The number of aromatic nitrogens is 2. The van der Waals surface area contributed by atoms with E-state index in [0.29, 0.717) is 19.3 Å². The van der Waals surface area contributed by atoms with Crippen molar-refractivity contribution >= 4 is 17.6 Å². The van der Waals surface area contributed by atoms with Crippen LogP contribution in [0.4, 0.5) is 5.82 Å². The SMILES string of the molecule is CSc1cc(N2CCC(OCCN)CC2)ncn1. The molecule has 0 unspecified atom stereocenters. The molecule has 2 rings (SSSR count). The Morgan fingerprint density at radius 2 is 2.22 bits per heavy atom. The van der Waals surface area contributed by atoms with Gasteiger partial charge in [-0.1, -0.05) is 0 Å². The molecule has 1 saturated heterocycles. The molecule has 18 heavy (non-hydrogen) atoms. The number of thioether (sulfide) groups is 1. The zero-order valence-electron chi connectivity index (χ0n) is 10.7. The van der Waals surface area contributed by atoms with Gasteiger partial charge in [0.25, 0.3) is 0 Å². The second-order valence-electron chi connectivity index (χ2n) is 4.26. The maximum absolute atomic E-state index is 5.67. The fourth-order valence-corrected chi connectivity index (χ4v) is 2.48. The Bertz CT molecular complexity index is 369. The molecule has 100 valence electrons. The lowest BCUT2D eigenvalue weighted by Gasteiger charge is -2.32. The smallest absolute Gasteiger partial charge is 0.133 e. The Kier molecular flexibility index (Phi) is 5.22. The number of nitrogens with two attached hydrogens (primary N) is 1. The molecule has 0 spiro atoms. The number of rotatable bonds is 5. The summed E-state index contributed by atoms with van der Waals surface area (Å²) in [6.07, 6.45) is 6.10. The van der Waals surface area contributed by atoms with Crippen molar-refractivity contribution in [3.63, 3.8) is 0 Å². The van der Waals surface area contributed by atoms with Gasteiger partial charge in [-0.2, -0.15) is 0 Å². The maximum Gasteiger partial charge on any atom is 0.133 e. The summed E-state index contributed by atoms with van der Waals surface area (Å²) >= 11 is 1.64. The molecule has 0 aliphatic carbocycles. The van der Waals surface area contributed by atoms with Crippen molar-refractivity contribution in [2.45, 2.75) is 24.0 Å². The highest BCUT2D eigenvalue weighted by molar-refractivity contribution is 7.98. The van der Waals surface area contributed by atoms with Crippen LogP contribution in [0.5, 0.6) is 0 Å². The lowest BCUT2D eigenvalue weighted by molar-refractivity contribution is 0.0421. The van der Waals surface area contributed by atoms with Gasteiger partial charge in [0.15, 0.2) is 0 Å². The summed E-state index contributed by atoms with van der Waals surface area (Å²) in [5.41, 5.74) is 5.44. The van der Waals surface area contributed by atoms with Crippen LogP contribution in [0.1, 0.15) is 12.8 Å². The fraction of sp³-hybridized carbons (Fsp3) is 0.667. The Hall–Kier alpha value is -0.850. The Morgan fingerprint density at radius 1 is 1.44 bits per heavy atom. The maximum atomic E-state index is 5.67. The van der Waals surface area contributed by atoms with Gasteiger partial charge >= 0.3 is 0 Å². The first-order valence-electron chi connectivity index (χ1n) is 6.26. The second-order valence-corrected chi connectivity index (χ2v) is 5.09. The summed E-state index contributed by atoms with van der Waals surface area (Å²) in [5, 5.41) is 1.02. The molecule has 1 fully saturated rings. The zero-order chi connectivity index (χ0) is 12.8. The minimum atomic E-state index is 0.353. The van der Waals surface area contributed by atoms with E-state index in [1.165, 1.54) is 0 Å². The molecule has 0 saturated carbocycles. The van der Waals surface area contributed by atoms with Crippen LogP contribution in [0.15, 0.2) is 17.4 Å². The summed E-state index contributed by atoms with van der Waals surface area (Å²) < 4.78 is 5.67. The van der Waals surface area contributed by atoms with E-state index in [0.717, 1.165) is 36.8 Å². The Balaban J connectivity index is 1.88. The largest absolute Gasteiger partial charge is 0.377 e. The summed E-state index contributed by atoms with van der Waals surface area (Å²) in [5.74, 6) is 1.02. The van der Waals surface area contributed by atoms with E-state index in [4.69, 9.17) is 10.5 Å². The van der Waals surface area contributed by atoms with E-state index in [1.54, 1.807) is 18.1 Å². The van der Waals surface area contributed by atoms with Crippen LogP contribution in [0.2, 0.25) is 0 Å². The normalized spacial score (nSPS) is 17.1. The monoisotopic (exact) mass is 268 g/mol. The highest BCUT2D eigenvalue weighted by Crippen LogP contribution is 2.22. The van der Waals surface area contributed by atoms with Gasteiger partial charge in [-0.05, 0) is 19.1 Å². The molecule has 1 aromatic heterocycles. The molecule has 0 bridgehead atoms. The highest BCUT2D eigenvalue weighted by atomic mass is 32.2. The van der Waals surface area contributed by atoms with Crippen molar-refractivity contribution in [2.24, 2.45) is 5.73 Å². The van der Waals surface area contributed by atoms with Gasteiger partial charge in [0.05, 0.1) is 12.7 Å². The van der Waals surface area contributed by atoms with Gasteiger partial charge < -0.3 is 15.4 Å². The van der Waals surface area contributed by atoms with Crippen LogP contribution in [0.3, 0.4) is 0 Å². The first kappa shape index (κ1) is 13.6. The van der Waals surface area contributed by atoms with Crippen molar-refractivity contribution in [3.8, 4) is 0 Å². The fourth-order valence-electron chi connectivity index (χ4n) is 2.10. The van der Waals surface area contributed by atoms with Gasteiger partial charge in [-0.3, -0.25) is 0 Å². The third-order valence-electron chi connectivity index (χ3n) is 3.07. The van der Waals surface area contributed by atoms with Gasteiger partial charge in [-0.25, -0.2) is 9.97 Å². The summed E-state index contributed by atoms with van der Waals surface area (Å²) in [6, 6.07) is 2.05. The Morgan fingerprint density at radius 3 is 2.89 bits per heavy atom. The van der Waals surface area contributed by atoms with Crippen LogP contribution in [0.25, 0.3) is 0 Å². The molecule has 0 atom stereocenters. The zero-order valence-corrected chi connectivity index (χ0v) is 11.5. The van der Waals surface area contributed by atoms with Crippen molar-refractivity contribution < 1.29 is 4.74 Å². The van der Waals surface area contributed by atoms with Crippen LogP contribution in [-0.2, 0) is 4.74 Å². The molecule has 1 aromatic rings. The molecule has 0 radical (unpaired) electrons. The van der Waals surface area contributed by atoms with Crippen molar-refractivity contribution in [2.75, 3.05) is 37.4 Å². The molecule has 5 nitrogen and oxygen atoms in total. The lowest BCUT2D eigenvalue weighted by Crippen LogP contribution is -2.38. The molecule has 0 amide bonds. The minimum absolute atomic E-state index is 0.353. The first-order chi connectivity index (χ1) is 8.83. The van der Waals surface area contributed by atoms with Gasteiger partial charge in [0, 0.05) is 25.7 Å². The van der Waals surface area contributed by atoms with Gasteiger partial charge in [0.1, 0.15) is 17.2 Å². The Labute approximate surface area is 112 Å². The van der Waals surface area contributed by atoms with E-state index < -0.39 is 0 Å². The van der Waals surface area contributed by atoms with Crippen LogP contribution in [0, 0.1) is 0 Å². The highest BCUT2D eigenvalue weighted by Gasteiger charge is 2.20. The van der Waals surface area contributed by atoms with Crippen molar-refractivity contribution in [3.05, 3.63) is 12.4 Å². The summed E-state index contributed by atoms with van der Waals surface area (Å²) in [7, 11) is 0. The van der Waals surface area contributed by atoms with Gasteiger partial charge in [-0.15, -0.1) is 11.8 Å². The predicted octanol–water partition coefficient (Wildman–Crippen LogP) is 1.14. The van der Waals surface area contributed by atoms with Gasteiger partial charge in [0.2, 0.25) is 0 Å². The number of anilines is 1. The van der Waals surface area contributed by atoms with Crippen LogP contribution in [-0.4, -0.2) is 48.6 Å². The summed E-state index contributed by atoms with van der Waals surface area (Å²) in [6.45, 7) is 3.23. The number of nitrogens with zero attached hydrogens (tertiary/aromatic N) is 3. The molecule has 6 heteroatoms. The van der Waals surface area contributed by atoms with E-state index >= 15 is 0 Å². The predicted molar refractivity (Wildman–Crippen MR) is 74.1 cm³/mol. The molecule has 0 aromatic carbocycles. The average molecular weight is 268 g/mol. The van der Waals surface area contributed by atoms with E-state index in [1.807, 2.05) is 12.3 Å². The summed E-state index contributed by atoms with van der Waals surface area (Å²) in [4.78, 5) is 10.8. The van der Waals surface area contributed by atoms with E-state index in [2.05, 4.69) is 14.9 Å². The second kappa shape index (κ2) is 6.92. The minimum Gasteiger partial charge on any atom is -0.377 e. The topological polar surface area (TPSA) is 64.3 Å². The molecular formula is C12H20N4OS. The third kappa shape index (κ3) is 3.57.